The van der Waals surface area contributed by atoms with E-state index >= 15 is 0 Å². The van der Waals surface area contributed by atoms with Crippen LogP contribution in [0.4, 0.5) is 0 Å². The molecule has 0 radical (unpaired) electrons. The normalized spacial score (nSPS) is 9.75. The molecule has 12 heavy (non-hydrogen) atoms. The highest BCUT2D eigenvalue weighted by Gasteiger charge is 1.97. The van der Waals surface area contributed by atoms with E-state index in [0.717, 1.165) is 13.0 Å². The average molecular weight is 248 g/mol. The van der Waals surface area contributed by atoms with Gasteiger partial charge in [-0.05, 0) is 17.9 Å². The van der Waals surface area contributed by atoms with Crippen LogP contribution in [0.25, 0.3) is 0 Å². The largest absolute Gasteiger partial charge is 0.355 e. The van der Waals surface area contributed by atoms with Crippen LogP contribution in [0.3, 0.4) is 0 Å². The lowest BCUT2D eigenvalue weighted by Gasteiger charge is -1.99. The zero-order chi connectivity index (χ0) is 8.81. The Hall–Kier alpha value is -0.350. The van der Waals surface area contributed by atoms with E-state index < -0.39 is 0 Å². The van der Waals surface area contributed by atoms with E-state index in [0.29, 0.717) is 5.33 Å². The minimum absolute atomic E-state index is 0.0477. The van der Waals surface area contributed by atoms with Crippen LogP contribution in [0.2, 0.25) is 0 Å². The van der Waals surface area contributed by atoms with Gasteiger partial charge in [-0.25, -0.2) is 0 Å². The standard InChI is InChI=1S/C8H10BrNOS/c9-6-8(11)10-4-3-7-2-1-5-12-7/h1-2,5H,3-4,6H2,(H,10,11). The van der Waals surface area contributed by atoms with Crippen molar-refractivity contribution in [2.24, 2.45) is 0 Å². The van der Waals surface area contributed by atoms with Crippen molar-refractivity contribution in [3.05, 3.63) is 22.4 Å². The lowest BCUT2D eigenvalue weighted by Crippen LogP contribution is -2.26. The number of amides is 1. The number of hydrogen-bond acceptors (Lipinski definition) is 2. The maximum atomic E-state index is 10.8. The van der Waals surface area contributed by atoms with Crippen molar-refractivity contribution in [1.82, 2.24) is 5.32 Å². The topological polar surface area (TPSA) is 29.1 Å². The molecule has 0 saturated carbocycles. The number of nitrogens with one attached hydrogen (secondary N) is 1. The van der Waals surface area contributed by atoms with Gasteiger partial charge in [-0.3, -0.25) is 4.79 Å². The molecular formula is C8H10BrNOS. The first kappa shape index (κ1) is 9.74. The first-order valence-corrected chi connectivity index (χ1v) is 5.68. The van der Waals surface area contributed by atoms with Gasteiger partial charge in [0, 0.05) is 11.4 Å². The third kappa shape index (κ3) is 3.36. The highest BCUT2D eigenvalue weighted by Crippen LogP contribution is 2.07. The van der Waals surface area contributed by atoms with Crippen molar-refractivity contribution in [2.45, 2.75) is 6.42 Å². The van der Waals surface area contributed by atoms with Gasteiger partial charge >= 0.3 is 0 Å². The lowest BCUT2D eigenvalue weighted by molar-refractivity contribution is -0.118. The monoisotopic (exact) mass is 247 g/mol. The first-order chi connectivity index (χ1) is 5.83. The van der Waals surface area contributed by atoms with E-state index in [-0.39, 0.29) is 5.91 Å². The van der Waals surface area contributed by atoms with Gasteiger partial charge in [0.1, 0.15) is 0 Å². The maximum absolute atomic E-state index is 10.8. The van der Waals surface area contributed by atoms with Gasteiger partial charge in [-0.15, -0.1) is 11.3 Å². The summed E-state index contributed by atoms with van der Waals surface area (Å²) >= 11 is 4.80. The summed E-state index contributed by atoms with van der Waals surface area (Å²) in [6.07, 6.45) is 0.927. The van der Waals surface area contributed by atoms with Crippen molar-refractivity contribution in [3.63, 3.8) is 0 Å². The summed E-state index contributed by atoms with van der Waals surface area (Å²) in [6, 6.07) is 4.09. The maximum Gasteiger partial charge on any atom is 0.230 e. The molecule has 1 amide bonds. The number of hydrogen-bond donors (Lipinski definition) is 1. The summed E-state index contributed by atoms with van der Waals surface area (Å²) in [5.74, 6) is 0.0477. The minimum Gasteiger partial charge on any atom is -0.355 e. The average Bonchev–Trinajstić information content (AvgIpc) is 2.57. The number of halogens is 1. The van der Waals surface area contributed by atoms with Gasteiger partial charge in [0.15, 0.2) is 0 Å². The van der Waals surface area contributed by atoms with Gasteiger partial charge in [-0.2, -0.15) is 0 Å². The summed E-state index contributed by atoms with van der Waals surface area (Å²) in [5.41, 5.74) is 0. The Balaban J connectivity index is 2.15. The Labute approximate surface area is 84.1 Å². The fourth-order valence-corrected chi connectivity index (χ4v) is 1.73. The van der Waals surface area contributed by atoms with Crippen LogP contribution in [0, 0.1) is 0 Å². The molecule has 4 heteroatoms. The Bertz CT molecular complexity index is 235. The van der Waals surface area contributed by atoms with Gasteiger partial charge in [0.25, 0.3) is 0 Å². The van der Waals surface area contributed by atoms with Crippen molar-refractivity contribution >= 4 is 33.2 Å². The molecule has 0 fully saturated rings. The highest BCUT2D eigenvalue weighted by atomic mass is 79.9. The first-order valence-electron chi connectivity index (χ1n) is 3.68. The van der Waals surface area contributed by atoms with Gasteiger partial charge in [0.2, 0.25) is 5.91 Å². The molecule has 0 aliphatic rings. The van der Waals surface area contributed by atoms with Crippen molar-refractivity contribution < 1.29 is 4.79 Å². The molecule has 0 unspecified atom stereocenters. The predicted octanol–water partition coefficient (Wildman–Crippen LogP) is 1.80. The van der Waals surface area contributed by atoms with Crippen LogP contribution in [0.15, 0.2) is 17.5 Å². The Kier molecular flexibility index (Phi) is 4.32. The summed E-state index contributed by atoms with van der Waals surface area (Å²) in [7, 11) is 0. The summed E-state index contributed by atoms with van der Waals surface area (Å²) in [5, 5.41) is 5.22. The fraction of sp³-hybridized carbons (Fsp3) is 0.375. The number of rotatable bonds is 4. The SMILES string of the molecule is O=C(CBr)NCCc1cccs1. The quantitative estimate of drug-likeness (QED) is 0.809. The Morgan fingerprint density at radius 2 is 2.50 bits per heavy atom. The second-order valence-corrected chi connectivity index (χ2v) is 3.91. The lowest BCUT2D eigenvalue weighted by atomic mass is 10.3. The van der Waals surface area contributed by atoms with E-state index in [1.54, 1.807) is 11.3 Å². The Morgan fingerprint density at radius 3 is 3.08 bits per heavy atom. The molecule has 1 N–H and O–H groups in total. The molecule has 66 valence electrons. The number of carbonyl (C=O) groups excluding carboxylic acids is 1. The van der Waals surface area contributed by atoms with Gasteiger partial charge in [0.05, 0.1) is 5.33 Å². The third-order valence-electron chi connectivity index (χ3n) is 1.40. The van der Waals surface area contributed by atoms with E-state index in [1.165, 1.54) is 4.88 Å². The van der Waals surface area contributed by atoms with Crippen LogP contribution in [-0.4, -0.2) is 17.8 Å². The smallest absolute Gasteiger partial charge is 0.230 e. The van der Waals surface area contributed by atoms with E-state index in [4.69, 9.17) is 0 Å². The van der Waals surface area contributed by atoms with Crippen LogP contribution < -0.4 is 5.32 Å². The molecular weight excluding hydrogens is 238 g/mol. The van der Waals surface area contributed by atoms with Gasteiger partial charge < -0.3 is 5.32 Å². The molecule has 0 saturated heterocycles. The molecule has 0 bridgehead atoms. The van der Waals surface area contributed by atoms with E-state index in [1.807, 2.05) is 11.4 Å². The molecule has 0 aliphatic carbocycles. The van der Waals surface area contributed by atoms with E-state index in [9.17, 15) is 4.79 Å². The van der Waals surface area contributed by atoms with Crippen LogP contribution >= 0.6 is 27.3 Å². The zero-order valence-corrected chi connectivity index (χ0v) is 8.95. The predicted molar refractivity (Wildman–Crippen MR) is 54.8 cm³/mol. The number of alkyl halides is 1. The van der Waals surface area contributed by atoms with Crippen LogP contribution in [0.5, 0.6) is 0 Å². The zero-order valence-electron chi connectivity index (χ0n) is 6.55. The second kappa shape index (κ2) is 5.32. The third-order valence-corrected chi connectivity index (χ3v) is 2.84. The van der Waals surface area contributed by atoms with Crippen LogP contribution in [0.1, 0.15) is 4.88 Å². The van der Waals surface area contributed by atoms with E-state index in [2.05, 4.69) is 27.3 Å². The van der Waals surface area contributed by atoms with Crippen molar-refractivity contribution in [3.8, 4) is 0 Å². The number of thiophene rings is 1. The molecule has 1 rings (SSSR count). The summed E-state index contributed by atoms with van der Waals surface area (Å²) in [4.78, 5) is 12.1. The minimum atomic E-state index is 0.0477. The Morgan fingerprint density at radius 1 is 1.67 bits per heavy atom. The fourth-order valence-electron chi connectivity index (χ4n) is 0.827. The van der Waals surface area contributed by atoms with Crippen molar-refractivity contribution in [1.29, 1.82) is 0 Å². The van der Waals surface area contributed by atoms with Crippen molar-refractivity contribution in [2.75, 3.05) is 11.9 Å². The number of carbonyl (C=O) groups is 1. The molecule has 0 spiro atoms. The molecule has 1 heterocycles. The molecule has 0 aromatic carbocycles. The second-order valence-electron chi connectivity index (χ2n) is 2.31. The molecule has 1 aromatic heterocycles. The molecule has 1 aromatic rings. The molecule has 0 aliphatic heterocycles. The molecule has 2 nitrogen and oxygen atoms in total. The van der Waals surface area contributed by atoms with Gasteiger partial charge in [-0.1, -0.05) is 22.0 Å². The van der Waals surface area contributed by atoms with Crippen LogP contribution in [-0.2, 0) is 11.2 Å². The highest BCUT2D eigenvalue weighted by molar-refractivity contribution is 9.09. The summed E-state index contributed by atoms with van der Waals surface area (Å²) in [6.45, 7) is 0.727. The molecule has 0 atom stereocenters. The summed E-state index contributed by atoms with van der Waals surface area (Å²) < 4.78 is 0.